The molecule has 0 spiro atoms. The number of aliphatic hydroxyl groups excluding tert-OH is 1. The largest absolute Gasteiger partial charge is 0.508 e. The molecule has 2 aromatic carbocycles. The van der Waals surface area contributed by atoms with E-state index in [1.807, 2.05) is 33.8 Å². The van der Waals surface area contributed by atoms with Crippen LogP contribution in [0.5, 0.6) is 11.5 Å². The number of phenolic OH excluding ortho intramolecular Hbond substituents is 1. The Hall–Kier alpha value is -3.32. The zero-order chi connectivity index (χ0) is 24.3. The number of aryl methyl sites for hydroxylation is 2. The number of phenols is 1. The van der Waals surface area contributed by atoms with Gasteiger partial charge in [0.15, 0.2) is 0 Å². The van der Waals surface area contributed by atoms with Gasteiger partial charge in [0.1, 0.15) is 17.3 Å². The van der Waals surface area contributed by atoms with E-state index in [1.54, 1.807) is 18.2 Å². The third kappa shape index (κ3) is 4.73. The molecule has 1 fully saturated rings. The maximum Gasteiger partial charge on any atom is 0.295 e. The van der Waals surface area contributed by atoms with Crippen molar-refractivity contribution in [3.63, 3.8) is 0 Å². The maximum absolute atomic E-state index is 13.2. The molecule has 1 unspecified atom stereocenters. The first-order valence-electron chi connectivity index (χ1n) is 11.2. The zero-order valence-corrected chi connectivity index (χ0v) is 19.9. The minimum Gasteiger partial charge on any atom is -0.508 e. The van der Waals surface area contributed by atoms with Gasteiger partial charge in [-0.25, -0.2) is 0 Å². The summed E-state index contributed by atoms with van der Waals surface area (Å²) in [5.74, 6) is -1.11. The third-order valence-corrected chi connectivity index (χ3v) is 6.18. The van der Waals surface area contributed by atoms with Gasteiger partial charge in [-0.3, -0.25) is 9.59 Å². The van der Waals surface area contributed by atoms with Crippen LogP contribution in [0.25, 0.3) is 5.76 Å². The van der Waals surface area contributed by atoms with Crippen LogP contribution in [-0.4, -0.2) is 65.0 Å². The van der Waals surface area contributed by atoms with Gasteiger partial charge in [-0.2, -0.15) is 0 Å². The van der Waals surface area contributed by atoms with Crippen molar-refractivity contribution in [3.05, 3.63) is 64.2 Å². The number of hydrogen-bond acceptors (Lipinski definition) is 6. The van der Waals surface area contributed by atoms with Crippen LogP contribution in [-0.2, 0) is 9.59 Å². The van der Waals surface area contributed by atoms with Crippen molar-refractivity contribution in [1.82, 2.24) is 9.80 Å². The van der Waals surface area contributed by atoms with E-state index in [0.29, 0.717) is 30.0 Å². The minimum atomic E-state index is -0.772. The smallest absolute Gasteiger partial charge is 0.295 e. The Labute approximate surface area is 194 Å². The molecule has 2 N–H and O–H groups in total. The first-order chi connectivity index (χ1) is 15.7. The van der Waals surface area contributed by atoms with Crippen LogP contribution in [0.1, 0.15) is 42.1 Å². The van der Waals surface area contributed by atoms with E-state index in [2.05, 4.69) is 4.90 Å². The number of aromatic hydroxyl groups is 1. The lowest BCUT2D eigenvalue weighted by Gasteiger charge is -2.28. The van der Waals surface area contributed by atoms with Gasteiger partial charge in [-0.1, -0.05) is 32.0 Å². The van der Waals surface area contributed by atoms with Crippen molar-refractivity contribution >= 4 is 17.4 Å². The maximum atomic E-state index is 13.2. The quantitative estimate of drug-likeness (QED) is 0.360. The Morgan fingerprint density at radius 3 is 2.30 bits per heavy atom. The number of carbonyl (C=O) groups excluding carboxylic acids is 2. The van der Waals surface area contributed by atoms with Gasteiger partial charge in [-0.15, -0.1) is 0 Å². The molecule has 0 aliphatic carbocycles. The highest BCUT2D eigenvalue weighted by atomic mass is 16.5. The van der Waals surface area contributed by atoms with Crippen LogP contribution in [0.2, 0.25) is 0 Å². The predicted molar refractivity (Wildman–Crippen MR) is 127 cm³/mol. The molecule has 0 aromatic heterocycles. The van der Waals surface area contributed by atoms with Crippen molar-refractivity contribution in [2.45, 2.75) is 33.7 Å². The second-order valence-corrected chi connectivity index (χ2v) is 8.27. The molecule has 0 bridgehead atoms. The number of Topliss-reactive ketones (excluding diaryl/α,β-unsaturated/α-hetero) is 1. The molecule has 1 aliphatic heterocycles. The summed E-state index contributed by atoms with van der Waals surface area (Å²) in [6.07, 6.45) is 0. The van der Waals surface area contributed by atoms with Crippen LogP contribution in [0.15, 0.2) is 42.0 Å². The van der Waals surface area contributed by atoms with E-state index in [-0.39, 0.29) is 17.1 Å². The number of aliphatic hydroxyl groups is 1. The number of ether oxygens (including phenoxy) is 1. The second kappa shape index (κ2) is 10.1. The van der Waals surface area contributed by atoms with Crippen LogP contribution < -0.4 is 4.74 Å². The third-order valence-electron chi connectivity index (χ3n) is 6.18. The topological polar surface area (TPSA) is 90.3 Å². The molecule has 2 aromatic rings. The summed E-state index contributed by atoms with van der Waals surface area (Å²) < 4.78 is 5.52. The lowest BCUT2D eigenvalue weighted by molar-refractivity contribution is -0.140. The number of hydrogen-bond donors (Lipinski definition) is 2. The fourth-order valence-corrected chi connectivity index (χ4v) is 4.45. The molecule has 1 amide bonds. The number of nitrogens with zero attached hydrogens (tertiary/aromatic N) is 2. The molecule has 33 heavy (non-hydrogen) atoms. The molecule has 7 nitrogen and oxygen atoms in total. The highest BCUT2D eigenvalue weighted by molar-refractivity contribution is 6.46. The summed E-state index contributed by atoms with van der Waals surface area (Å²) in [6.45, 7) is 10.4. The molecule has 1 aliphatic rings. The normalized spacial score (nSPS) is 17.8. The average molecular weight is 453 g/mol. The monoisotopic (exact) mass is 452 g/mol. The number of amides is 1. The second-order valence-electron chi connectivity index (χ2n) is 8.27. The van der Waals surface area contributed by atoms with Gasteiger partial charge in [0.2, 0.25) is 0 Å². The molecule has 7 heteroatoms. The van der Waals surface area contributed by atoms with E-state index in [4.69, 9.17) is 4.74 Å². The Morgan fingerprint density at radius 2 is 1.73 bits per heavy atom. The van der Waals surface area contributed by atoms with E-state index in [9.17, 15) is 19.8 Å². The zero-order valence-electron chi connectivity index (χ0n) is 19.9. The number of carbonyl (C=O) groups is 2. The van der Waals surface area contributed by atoms with Crippen LogP contribution in [0.4, 0.5) is 0 Å². The number of likely N-dealkylation sites (tertiary alicyclic amines) is 1. The Morgan fingerprint density at radius 1 is 1.09 bits per heavy atom. The fraction of sp³-hybridized carbons (Fsp3) is 0.385. The summed E-state index contributed by atoms with van der Waals surface area (Å²) in [6, 6.07) is 9.26. The molecule has 0 saturated carbocycles. The van der Waals surface area contributed by atoms with Gasteiger partial charge < -0.3 is 24.7 Å². The van der Waals surface area contributed by atoms with Crippen molar-refractivity contribution in [2.24, 2.45) is 0 Å². The van der Waals surface area contributed by atoms with Gasteiger partial charge in [0.05, 0.1) is 24.3 Å². The Balaban J connectivity index is 2.19. The Kier molecular flexibility index (Phi) is 7.43. The van der Waals surface area contributed by atoms with E-state index in [1.165, 1.54) is 24.1 Å². The molecule has 1 atom stereocenters. The number of ketones is 1. The minimum absolute atomic E-state index is 0.0218. The highest BCUT2D eigenvalue weighted by Gasteiger charge is 2.46. The van der Waals surface area contributed by atoms with Gasteiger partial charge in [0.25, 0.3) is 11.7 Å². The first-order valence-corrected chi connectivity index (χ1v) is 11.2. The highest BCUT2D eigenvalue weighted by Crippen LogP contribution is 2.42. The SMILES string of the molecule is CCN(CC)CCN1C(=O)C(=O)/C(=C(/O)c2cc(C)cc(C)c2OC)C1c1ccc(O)cc1. The molecule has 3 rings (SSSR count). The summed E-state index contributed by atoms with van der Waals surface area (Å²) >= 11 is 0. The van der Waals surface area contributed by atoms with Crippen molar-refractivity contribution in [2.75, 3.05) is 33.3 Å². The molecule has 176 valence electrons. The van der Waals surface area contributed by atoms with Crippen molar-refractivity contribution < 1.29 is 24.5 Å². The van der Waals surface area contributed by atoms with Crippen molar-refractivity contribution in [3.8, 4) is 11.5 Å². The molecule has 1 heterocycles. The van der Waals surface area contributed by atoms with Gasteiger partial charge in [0, 0.05) is 13.1 Å². The molecular formula is C26H32N2O5. The number of methoxy groups -OCH3 is 1. The van der Waals surface area contributed by atoms with Crippen molar-refractivity contribution in [1.29, 1.82) is 0 Å². The van der Waals surface area contributed by atoms with Gasteiger partial charge in [-0.05, 0) is 61.8 Å². The number of benzene rings is 2. The average Bonchev–Trinajstić information content (AvgIpc) is 3.04. The molecule has 1 saturated heterocycles. The molecule has 0 radical (unpaired) electrons. The van der Waals surface area contributed by atoms with Crippen LogP contribution in [0.3, 0.4) is 0 Å². The van der Waals surface area contributed by atoms with Gasteiger partial charge >= 0.3 is 0 Å². The standard InChI is InChI=1S/C26H32N2O5/c1-6-27(7-2)12-13-28-22(18-8-10-19(29)11-9-18)21(24(31)26(28)32)23(30)20-15-16(3)14-17(4)25(20)33-5/h8-11,14-15,22,29-30H,6-7,12-13H2,1-5H3/b23-21+. The molecular weight excluding hydrogens is 420 g/mol. The lowest BCUT2D eigenvalue weighted by atomic mass is 9.93. The summed E-state index contributed by atoms with van der Waals surface area (Å²) in [5.41, 5.74) is 2.74. The van der Waals surface area contributed by atoms with Crippen LogP contribution >= 0.6 is 0 Å². The van der Waals surface area contributed by atoms with Crippen LogP contribution in [0, 0.1) is 13.8 Å². The van der Waals surface area contributed by atoms with E-state index in [0.717, 1.165) is 24.2 Å². The van der Waals surface area contributed by atoms with E-state index < -0.39 is 17.7 Å². The summed E-state index contributed by atoms with van der Waals surface area (Å²) in [5, 5.41) is 21.1. The summed E-state index contributed by atoms with van der Waals surface area (Å²) in [4.78, 5) is 30.0. The number of rotatable bonds is 8. The predicted octanol–water partition coefficient (Wildman–Crippen LogP) is 3.78. The van der Waals surface area contributed by atoms with E-state index >= 15 is 0 Å². The Bertz CT molecular complexity index is 1070. The lowest BCUT2D eigenvalue weighted by Crippen LogP contribution is -2.38. The number of likely N-dealkylation sites (N-methyl/N-ethyl adjacent to an activating group) is 1. The fourth-order valence-electron chi connectivity index (χ4n) is 4.45. The first kappa shape index (κ1) is 24.3. The summed E-state index contributed by atoms with van der Waals surface area (Å²) in [7, 11) is 1.51.